The quantitative estimate of drug-likeness (QED) is 0.663. The van der Waals surface area contributed by atoms with Gasteiger partial charge in [-0.3, -0.25) is 9.59 Å². The Hall–Kier alpha value is -0.850. The van der Waals surface area contributed by atoms with Crippen LogP contribution in [0.25, 0.3) is 0 Å². The lowest BCUT2D eigenvalue weighted by Gasteiger charge is -2.23. The van der Waals surface area contributed by atoms with Gasteiger partial charge in [0.2, 0.25) is 11.8 Å². The van der Waals surface area contributed by atoms with Gasteiger partial charge in [0.05, 0.1) is 13.2 Å². The standard InChI is InChI=1S/C10H21N3O3.ClH/c1-12(2)10(15)8-13(6-7-16-3)9(14)4-5-11;/h4-8,11H2,1-3H3;1H. The van der Waals surface area contributed by atoms with E-state index >= 15 is 0 Å². The second kappa shape index (κ2) is 10.3. The maximum Gasteiger partial charge on any atom is 0.241 e. The number of rotatable bonds is 7. The molecule has 102 valence electrons. The average molecular weight is 268 g/mol. The zero-order valence-electron chi connectivity index (χ0n) is 10.6. The van der Waals surface area contributed by atoms with Crippen molar-refractivity contribution in [1.82, 2.24) is 9.80 Å². The molecule has 0 aliphatic heterocycles. The average Bonchev–Trinajstić information content (AvgIpc) is 2.23. The summed E-state index contributed by atoms with van der Waals surface area (Å²) in [7, 11) is 4.87. The molecule has 0 radical (unpaired) electrons. The molecule has 17 heavy (non-hydrogen) atoms. The largest absolute Gasteiger partial charge is 0.383 e. The number of methoxy groups -OCH3 is 1. The summed E-state index contributed by atoms with van der Waals surface area (Å²) in [6.45, 7) is 1.19. The van der Waals surface area contributed by atoms with E-state index in [4.69, 9.17) is 10.5 Å². The summed E-state index contributed by atoms with van der Waals surface area (Å²) < 4.78 is 4.89. The second-order valence-corrected chi connectivity index (χ2v) is 3.63. The van der Waals surface area contributed by atoms with Crippen molar-refractivity contribution in [1.29, 1.82) is 0 Å². The van der Waals surface area contributed by atoms with Gasteiger partial charge in [0.1, 0.15) is 0 Å². The summed E-state index contributed by atoms with van der Waals surface area (Å²) in [4.78, 5) is 26.0. The minimum Gasteiger partial charge on any atom is -0.383 e. The Labute approximate surface area is 108 Å². The molecule has 0 aromatic heterocycles. The highest BCUT2D eigenvalue weighted by molar-refractivity contribution is 5.85. The number of carbonyl (C=O) groups excluding carboxylic acids is 2. The molecule has 6 nitrogen and oxygen atoms in total. The van der Waals surface area contributed by atoms with Crippen LogP contribution in [0, 0.1) is 0 Å². The molecule has 0 spiro atoms. The topological polar surface area (TPSA) is 75.9 Å². The molecule has 0 saturated carbocycles. The van der Waals surface area contributed by atoms with Crippen LogP contribution in [-0.2, 0) is 14.3 Å². The fourth-order valence-electron chi connectivity index (χ4n) is 1.08. The minimum absolute atomic E-state index is 0. The van der Waals surface area contributed by atoms with Crippen LogP contribution in [-0.4, -0.2) is 69.1 Å². The maximum atomic E-state index is 11.6. The molecule has 0 aromatic carbocycles. The molecule has 0 aliphatic rings. The van der Waals surface area contributed by atoms with Crippen molar-refractivity contribution in [3.05, 3.63) is 0 Å². The number of nitrogens with zero attached hydrogens (tertiary/aromatic N) is 2. The van der Waals surface area contributed by atoms with Gasteiger partial charge in [0, 0.05) is 40.7 Å². The van der Waals surface area contributed by atoms with E-state index in [-0.39, 0.29) is 37.2 Å². The van der Waals surface area contributed by atoms with Crippen LogP contribution in [0.5, 0.6) is 0 Å². The van der Waals surface area contributed by atoms with Crippen LogP contribution in [0.15, 0.2) is 0 Å². The second-order valence-electron chi connectivity index (χ2n) is 3.63. The molecule has 0 bridgehead atoms. The van der Waals surface area contributed by atoms with Gasteiger partial charge in [0.15, 0.2) is 0 Å². The molecule has 0 unspecified atom stereocenters. The minimum atomic E-state index is -0.116. The monoisotopic (exact) mass is 267 g/mol. The molecule has 2 N–H and O–H groups in total. The van der Waals surface area contributed by atoms with Gasteiger partial charge in [-0.25, -0.2) is 0 Å². The molecule has 0 fully saturated rings. The molecule has 0 aromatic rings. The van der Waals surface area contributed by atoms with E-state index in [9.17, 15) is 9.59 Å². The zero-order valence-corrected chi connectivity index (χ0v) is 11.5. The third-order valence-corrected chi connectivity index (χ3v) is 2.10. The molecular weight excluding hydrogens is 246 g/mol. The molecule has 0 rings (SSSR count). The normalized spacial score (nSPS) is 9.41. The Morgan fingerprint density at radius 3 is 2.24 bits per heavy atom. The highest BCUT2D eigenvalue weighted by Crippen LogP contribution is 1.95. The lowest BCUT2D eigenvalue weighted by molar-refractivity contribution is -0.139. The molecule has 0 aliphatic carbocycles. The van der Waals surface area contributed by atoms with Crippen molar-refractivity contribution in [3.8, 4) is 0 Å². The van der Waals surface area contributed by atoms with Crippen molar-refractivity contribution in [3.63, 3.8) is 0 Å². The van der Waals surface area contributed by atoms with Crippen LogP contribution in [0.4, 0.5) is 0 Å². The molecule has 2 amide bonds. The van der Waals surface area contributed by atoms with E-state index in [1.54, 1.807) is 21.2 Å². The number of ether oxygens (including phenoxy) is 1. The molecular formula is C10H22ClN3O3. The summed E-state index contributed by atoms with van der Waals surface area (Å²) in [6.07, 6.45) is 0.254. The van der Waals surface area contributed by atoms with Crippen LogP contribution in [0.2, 0.25) is 0 Å². The highest BCUT2D eigenvalue weighted by Gasteiger charge is 2.16. The third kappa shape index (κ3) is 7.95. The van der Waals surface area contributed by atoms with Crippen LogP contribution in [0.3, 0.4) is 0 Å². The van der Waals surface area contributed by atoms with Gasteiger partial charge in [0.25, 0.3) is 0 Å². The fourth-order valence-corrected chi connectivity index (χ4v) is 1.08. The summed E-state index contributed by atoms with van der Waals surface area (Å²) >= 11 is 0. The van der Waals surface area contributed by atoms with Crippen molar-refractivity contribution in [2.24, 2.45) is 5.73 Å². The van der Waals surface area contributed by atoms with Crippen LogP contribution < -0.4 is 5.73 Å². The van der Waals surface area contributed by atoms with E-state index in [0.29, 0.717) is 19.7 Å². The van der Waals surface area contributed by atoms with E-state index in [1.165, 1.54) is 9.80 Å². The summed E-state index contributed by atoms with van der Waals surface area (Å²) in [5.41, 5.74) is 5.31. The Bertz CT molecular complexity index is 237. The molecule has 0 heterocycles. The van der Waals surface area contributed by atoms with Crippen molar-refractivity contribution in [2.45, 2.75) is 6.42 Å². The van der Waals surface area contributed by atoms with Gasteiger partial charge in [-0.2, -0.15) is 0 Å². The molecule has 7 heteroatoms. The SMILES string of the molecule is COCCN(CC(=O)N(C)C)C(=O)CCN.Cl. The molecule has 0 saturated heterocycles. The number of carbonyl (C=O) groups is 2. The lowest BCUT2D eigenvalue weighted by Crippen LogP contribution is -2.42. The summed E-state index contributed by atoms with van der Waals surface area (Å²) in [5, 5.41) is 0. The van der Waals surface area contributed by atoms with E-state index in [0.717, 1.165) is 0 Å². The van der Waals surface area contributed by atoms with E-state index in [2.05, 4.69) is 0 Å². The number of hydrogen-bond acceptors (Lipinski definition) is 4. The first-order valence-electron chi connectivity index (χ1n) is 5.19. The first kappa shape index (κ1) is 18.5. The van der Waals surface area contributed by atoms with Gasteiger partial charge >= 0.3 is 0 Å². The Kier molecular flexibility index (Phi) is 11.2. The number of nitrogens with two attached hydrogens (primary N) is 1. The fraction of sp³-hybridized carbons (Fsp3) is 0.800. The van der Waals surface area contributed by atoms with Crippen molar-refractivity contribution >= 4 is 24.2 Å². The predicted molar refractivity (Wildman–Crippen MR) is 68.1 cm³/mol. The first-order valence-corrected chi connectivity index (χ1v) is 5.19. The first-order chi connectivity index (χ1) is 7.52. The van der Waals surface area contributed by atoms with Crippen molar-refractivity contribution < 1.29 is 14.3 Å². The van der Waals surface area contributed by atoms with Crippen LogP contribution >= 0.6 is 12.4 Å². The van der Waals surface area contributed by atoms with E-state index in [1.807, 2.05) is 0 Å². The Balaban J connectivity index is 0. The van der Waals surface area contributed by atoms with Gasteiger partial charge in [-0.1, -0.05) is 0 Å². The zero-order chi connectivity index (χ0) is 12.6. The number of halogens is 1. The smallest absolute Gasteiger partial charge is 0.241 e. The highest BCUT2D eigenvalue weighted by atomic mass is 35.5. The van der Waals surface area contributed by atoms with Gasteiger partial charge < -0.3 is 20.3 Å². The Morgan fingerprint density at radius 1 is 1.24 bits per heavy atom. The van der Waals surface area contributed by atoms with Gasteiger partial charge in [-0.15, -0.1) is 12.4 Å². The Morgan fingerprint density at radius 2 is 1.82 bits per heavy atom. The molecule has 0 atom stereocenters. The van der Waals surface area contributed by atoms with Gasteiger partial charge in [-0.05, 0) is 0 Å². The number of amides is 2. The summed E-state index contributed by atoms with van der Waals surface area (Å²) in [5.74, 6) is -0.226. The predicted octanol–water partition coefficient (Wildman–Crippen LogP) is -0.680. The number of hydrogen-bond donors (Lipinski definition) is 1. The third-order valence-electron chi connectivity index (χ3n) is 2.10. The number of likely N-dealkylation sites (N-methyl/N-ethyl adjacent to an activating group) is 1. The van der Waals surface area contributed by atoms with E-state index < -0.39 is 0 Å². The summed E-state index contributed by atoms with van der Waals surface area (Å²) in [6, 6.07) is 0. The van der Waals surface area contributed by atoms with Crippen LogP contribution in [0.1, 0.15) is 6.42 Å². The van der Waals surface area contributed by atoms with Crippen molar-refractivity contribution in [2.75, 3.05) is 47.4 Å². The maximum absolute atomic E-state index is 11.6. The lowest BCUT2D eigenvalue weighted by atomic mass is 10.3.